The lowest BCUT2D eigenvalue weighted by molar-refractivity contribution is 0.739. The van der Waals surface area contributed by atoms with Gasteiger partial charge in [-0.05, 0) is 37.2 Å². The number of nitrogens with zero attached hydrogens (tertiary/aromatic N) is 1. The molecule has 0 spiro atoms. The fourth-order valence-electron chi connectivity index (χ4n) is 1.57. The number of hydrogen-bond acceptors (Lipinski definition) is 4. The van der Waals surface area contributed by atoms with Crippen molar-refractivity contribution >= 4 is 53.0 Å². The molecule has 0 aliphatic carbocycles. The third-order valence-corrected chi connectivity index (χ3v) is 2.68. The number of thiocarbonyl (C=S) groups is 1. The smallest absolute Gasteiger partial charge is 0.210 e. The van der Waals surface area contributed by atoms with Crippen molar-refractivity contribution in [2.24, 2.45) is 4.99 Å². The molecular weight excluding hydrogens is 373 g/mol. The molecule has 0 fully saturated rings. The Labute approximate surface area is 135 Å². The minimum Gasteiger partial charge on any atom is -0.355 e. The zero-order valence-corrected chi connectivity index (χ0v) is 13.6. The lowest BCUT2D eigenvalue weighted by Gasteiger charge is -2.14. The molecule has 0 saturated carbocycles. The van der Waals surface area contributed by atoms with Gasteiger partial charge in [0.15, 0.2) is 5.11 Å². The van der Waals surface area contributed by atoms with Crippen LogP contribution in [0.25, 0.3) is 0 Å². The van der Waals surface area contributed by atoms with Crippen LogP contribution in [0.3, 0.4) is 0 Å². The lowest BCUT2D eigenvalue weighted by Crippen LogP contribution is -2.49. The zero-order valence-electron chi connectivity index (χ0n) is 10.5. The van der Waals surface area contributed by atoms with E-state index in [9.17, 15) is 0 Å². The molecule has 0 aromatic heterocycles. The van der Waals surface area contributed by atoms with E-state index in [1.807, 2.05) is 30.3 Å². The topological polar surface area (TPSA) is 60.5 Å². The number of benzene rings is 1. The number of aliphatic imine (C=N–C) groups is 1. The van der Waals surface area contributed by atoms with Crippen LogP contribution in [0.1, 0.15) is 12.8 Å². The summed E-state index contributed by atoms with van der Waals surface area (Å²) in [6, 6.07) is 9.78. The van der Waals surface area contributed by atoms with Crippen LogP contribution in [-0.4, -0.2) is 24.2 Å². The van der Waals surface area contributed by atoms with Gasteiger partial charge in [0.25, 0.3) is 0 Å². The molecule has 7 heteroatoms. The molecule has 1 heterocycles. The standard InChI is InChI=1S/C12H17N5S.HI/c18-12(15-10-6-2-1-3-7-10)17-16-11-13-8-4-5-9-14-11;/h1-3,6-7H,4-5,8-9H2,(H2,13,14,16)(H2,15,17,18);1H. The van der Waals surface area contributed by atoms with E-state index in [0.717, 1.165) is 37.6 Å². The summed E-state index contributed by atoms with van der Waals surface area (Å²) in [7, 11) is 0. The largest absolute Gasteiger partial charge is 0.355 e. The van der Waals surface area contributed by atoms with E-state index in [1.165, 1.54) is 0 Å². The van der Waals surface area contributed by atoms with E-state index in [0.29, 0.717) is 5.11 Å². The summed E-state index contributed by atoms with van der Waals surface area (Å²) in [5, 5.41) is 6.77. The minimum absolute atomic E-state index is 0. The van der Waals surface area contributed by atoms with E-state index in [1.54, 1.807) is 0 Å². The number of nitrogens with one attached hydrogen (secondary N) is 4. The van der Waals surface area contributed by atoms with Crippen molar-refractivity contribution in [3.8, 4) is 0 Å². The number of halogens is 1. The van der Waals surface area contributed by atoms with Gasteiger partial charge in [-0.1, -0.05) is 18.2 Å². The van der Waals surface area contributed by atoms with Crippen LogP contribution in [-0.2, 0) is 0 Å². The van der Waals surface area contributed by atoms with Gasteiger partial charge < -0.3 is 10.6 Å². The summed E-state index contributed by atoms with van der Waals surface area (Å²) in [4.78, 5) is 4.35. The molecule has 2 rings (SSSR count). The summed E-state index contributed by atoms with van der Waals surface area (Å²) in [5.41, 5.74) is 6.82. The highest BCUT2D eigenvalue weighted by Crippen LogP contribution is 2.03. The van der Waals surface area contributed by atoms with E-state index >= 15 is 0 Å². The molecule has 0 atom stereocenters. The highest BCUT2D eigenvalue weighted by molar-refractivity contribution is 14.0. The number of para-hydroxylation sites is 1. The first-order chi connectivity index (χ1) is 8.84. The van der Waals surface area contributed by atoms with Crippen molar-refractivity contribution < 1.29 is 0 Å². The average molecular weight is 391 g/mol. The molecule has 19 heavy (non-hydrogen) atoms. The minimum atomic E-state index is 0. The first-order valence-electron chi connectivity index (χ1n) is 6.01. The van der Waals surface area contributed by atoms with Gasteiger partial charge in [0.05, 0.1) is 0 Å². The second-order valence-electron chi connectivity index (χ2n) is 3.93. The monoisotopic (exact) mass is 391 g/mol. The molecule has 104 valence electrons. The molecule has 0 bridgehead atoms. The predicted octanol–water partition coefficient (Wildman–Crippen LogP) is 1.83. The van der Waals surface area contributed by atoms with Crippen LogP contribution in [0, 0.1) is 0 Å². The van der Waals surface area contributed by atoms with Gasteiger partial charge in [-0.15, -0.1) is 24.0 Å². The molecule has 1 aliphatic heterocycles. The zero-order chi connectivity index (χ0) is 12.6. The van der Waals surface area contributed by atoms with Crippen molar-refractivity contribution in [1.29, 1.82) is 0 Å². The van der Waals surface area contributed by atoms with Gasteiger partial charge in [-0.25, -0.2) is 0 Å². The van der Waals surface area contributed by atoms with Crippen LogP contribution in [0.5, 0.6) is 0 Å². The second kappa shape index (κ2) is 8.92. The van der Waals surface area contributed by atoms with Crippen LogP contribution >= 0.6 is 36.2 Å². The van der Waals surface area contributed by atoms with Crippen LogP contribution in [0.2, 0.25) is 0 Å². The molecule has 0 saturated heterocycles. The first-order valence-corrected chi connectivity index (χ1v) is 6.42. The summed E-state index contributed by atoms with van der Waals surface area (Å²) in [5.74, 6) is 0.740. The average Bonchev–Trinajstić information content (AvgIpc) is 2.66. The maximum absolute atomic E-state index is 5.17. The quantitative estimate of drug-likeness (QED) is 0.334. The number of guanidine groups is 1. The second-order valence-corrected chi connectivity index (χ2v) is 4.34. The maximum atomic E-state index is 5.17. The van der Waals surface area contributed by atoms with Crippen molar-refractivity contribution in [3.63, 3.8) is 0 Å². The number of hydrogen-bond donors (Lipinski definition) is 4. The number of hydrazine groups is 1. The summed E-state index contributed by atoms with van der Waals surface area (Å²) in [6.07, 6.45) is 2.26. The SMILES string of the molecule is I.S=C(NNC1=NCCCCN1)Nc1ccccc1. The lowest BCUT2D eigenvalue weighted by atomic mass is 10.3. The van der Waals surface area contributed by atoms with Gasteiger partial charge in [-0.2, -0.15) is 0 Å². The normalized spacial score (nSPS) is 14.0. The Morgan fingerprint density at radius 2 is 2.00 bits per heavy atom. The third-order valence-electron chi connectivity index (χ3n) is 2.47. The molecule has 0 unspecified atom stereocenters. The summed E-state index contributed by atoms with van der Waals surface area (Å²) in [6.45, 7) is 1.78. The Balaban J connectivity index is 0.00000180. The van der Waals surface area contributed by atoms with Gasteiger partial charge in [0, 0.05) is 18.8 Å². The molecule has 1 aromatic rings. The van der Waals surface area contributed by atoms with Crippen LogP contribution in [0.15, 0.2) is 35.3 Å². The van der Waals surface area contributed by atoms with Crippen molar-refractivity contribution in [2.45, 2.75) is 12.8 Å². The molecule has 0 radical (unpaired) electrons. The van der Waals surface area contributed by atoms with E-state index in [2.05, 4.69) is 26.5 Å². The Hall–Kier alpha value is -1.09. The Kier molecular flexibility index (Phi) is 7.49. The van der Waals surface area contributed by atoms with Gasteiger partial charge in [0.2, 0.25) is 5.96 Å². The highest BCUT2D eigenvalue weighted by Gasteiger charge is 2.02. The van der Waals surface area contributed by atoms with Crippen molar-refractivity contribution in [1.82, 2.24) is 16.2 Å². The predicted molar refractivity (Wildman–Crippen MR) is 93.9 cm³/mol. The molecular formula is C12H18IN5S. The number of anilines is 1. The third kappa shape index (κ3) is 6.06. The summed E-state index contributed by atoms with van der Waals surface area (Å²) >= 11 is 5.17. The van der Waals surface area contributed by atoms with E-state index in [-0.39, 0.29) is 24.0 Å². The first kappa shape index (κ1) is 16.0. The molecule has 1 aromatic carbocycles. The molecule has 1 aliphatic rings. The highest BCUT2D eigenvalue weighted by atomic mass is 127. The molecule has 4 N–H and O–H groups in total. The van der Waals surface area contributed by atoms with E-state index < -0.39 is 0 Å². The maximum Gasteiger partial charge on any atom is 0.210 e. The molecule has 5 nitrogen and oxygen atoms in total. The fourth-order valence-corrected chi connectivity index (χ4v) is 1.74. The van der Waals surface area contributed by atoms with Crippen LogP contribution < -0.4 is 21.5 Å². The Morgan fingerprint density at radius 1 is 1.21 bits per heavy atom. The van der Waals surface area contributed by atoms with Crippen molar-refractivity contribution in [2.75, 3.05) is 18.4 Å². The fraction of sp³-hybridized carbons (Fsp3) is 0.333. The summed E-state index contributed by atoms with van der Waals surface area (Å²) < 4.78 is 0. The van der Waals surface area contributed by atoms with Gasteiger partial charge >= 0.3 is 0 Å². The Morgan fingerprint density at radius 3 is 2.79 bits per heavy atom. The molecule has 0 amide bonds. The number of rotatable bonds is 1. The Bertz CT molecular complexity index is 423. The van der Waals surface area contributed by atoms with Gasteiger partial charge in [-0.3, -0.25) is 15.8 Å². The van der Waals surface area contributed by atoms with Gasteiger partial charge in [0.1, 0.15) is 0 Å². The van der Waals surface area contributed by atoms with Crippen molar-refractivity contribution in [3.05, 3.63) is 30.3 Å². The van der Waals surface area contributed by atoms with Crippen LogP contribution in [0.4, 0.5) is 5.69 Å². The van der Waals surface area contributed by atoms with E-state index in [4.69, 9.17) is 12.2 Å².